The standard InChI is InChI=1S/C27H26F3N5O/c28-27(29,30)24-9-6-20(16-32-24)25-33-23-8-7-21(14-22(23)26(36)34-25)31-15-18-10-12-35(13-11-18)17-19-4-2-1-3-5-19/h1-9,14,16,18,31H,10-13,15,17H2,(H,33,34,36). The number of pyridine rings is 1. The minimum absolute atomic E-state index is 0.177. The van der Waals surface area contributed by atoms with Gasteiger partial charge in [-0.1, -0.05) is 30.3 Å². The summed E-state index contributed by atoms with van der Waals surface area (Å²) in [6.07, 6.45) is -1.24. The molecule has 186 valence electrons. The Morgan fingerprint density at radius 3 is 2.50 bits per heavy atom. The van der Waals surface area contributed by atoms with Crippen molar-refractivity contribution >= 4 is 16.6 Å². The van der Waals surface area contributed by atoms with Crippen molar-refractivity contribution < 1.29 is 13.2 Å². The molecule has 2 aromatic heterocycles. The largest absolute Gasteiger partial charge is 0.433 e. The zero-order valence-electron chi connectivity index (χ0n) is 19.6. The second-order valence-electron chi connectivity index (χ2n) is 9.16. The Morgan fingerprint density at radius 1 is 1.03 bits per heavy atom. The van der Waals surface area contributed by atoms with Gasteiger partial charge in [-0.05, 0) is 67.7 Å². The number of hydrogen-bond acceptors (Lipinski definition) is 5. The summed E-state index contributed by atoms with van der Waals surface area (Å²) in [5.74, 6) is 0.732. The van der Waals surface area contributed by atoms with Crippen molar-refractivity contribution in [1.82, 2.24) is 19.9 Å². The molecule has 0 radical (unpaired) electrons. The lowest BCUT2D eigenvalue weighted by atomic mass is 9.96. The highest BCUT2D eigenvalue weighted by atomic mass is 19.4. The van der Waals surface area contributed by atoms with Crippen LogP contribution in [0.25, 0.3) is 22.3 Å². The summed E-state index contributed by atoms with van der Waals surface area (Å²) in [6.45, 7) is 3.92. The number of aromatic nitrogens is 3. The van der Waals surface area contributed by atoms with Gasteiger partial charge in [0.25, 0.3) is 5.56 Å². The third-order valence-corrected chi connectivity index (χ3v) is 6.58. The van der Waals surface area contributed by atoms with Crippen LogP contribution in [0.3, 0.4) is 0 Å². The average Bonchev–Trinajstić information content (AvgIpc) is 2.88. The molecule has 0 atom stereocenters. The van der Waals surface area contributed by atoms with Gasteiger partial charge in [0.15, 0.2) is 0 Å². The lowest BCUT2D eigenvalue weighted by Crippen LogP contribution is -2.35. The number of nitrogens with zero attached hydrogens (tertiary/aromatic N) is 3. The van der Waals surface area contributed by atoms with Gasteiger partial charge in [0.05, 0.1) is 10.9 Å². The van der Waals surface area contributed by atoms with E-state index in [1.165, 1.54) is 11.6 Å². The molecule has 1 aliphatic heterocycles. The molecule has 2 N–H and O–H groups in total. The molecule has 1 fully saturated rings. The summed E-state index contributed by atoms with van der Waals surface area (Å²) in [5, 5.41) is 3.87. The Kier molecular flexibility index (Phi) is 6.73. The Hall–Kier alpha value is -3.72. The highest BCUT2D eigenvalue weighted by molar-refractivity contribution is 5.83. The first-order valence-electron chi connectivity index (χ1n) is 11.9. The minimum Gasteiger partial charge on any atom is -0.385 e. The zero-order valence-corrected chi connectivity index (χ0v) is 19.6. The molecule has 3 heterocycles. The molecule has 1 aliphatic rings. The molecule has 36 heavy (non-hydrogen) atoms. The van der Waals surface area contributed by atoms with Gasteiger partial charge in [-0.25, -0.2) is 4.98 Å². The van der Waals surface area contributed by atoms with Crippen molar-refractivity contribution in [2.24, 2.45) is 5.92 Å². The van der Waals surface area contributed by atoms with E-state index < -0.39 is 11.9 Å². The maximum atomic E-state index is 12.8. The van der Waals surface area contributed by atoms with Crippen LogP contribution < -0.4 is 10.9 Å². The Bertz CT molecular complexity index is 1380. The summed E-state index contributed by atoms with van der Waals surface area (Å²) >= 11 is 0. The molecule has 0 aliphatic carbocycles. The van der Waals surface area contributed by atoms with E-state index in [1.807, 2.05) is 12.1 Å². The van der Waals surface area contributed by atoms with Gasteiger partial charge < -0.3 is 10.3 Å². The summed E-state index contributed by atoms with van der Waals surface area (Å²) in [4.78, 5) is 25.7. The topological polar surface area (TPSA) is 73.9 Å². The minimum atomic E-state index is -4.52. The molecule has 6 nitrogen and oxygen atoms in total. The van der Waals surface area contributed by atoms with E-state index >= 15 is 0 Å². The molecule has 4 aromatic rings. The highest BCUT2D eigenvalue weighted by Gasteiger charge is 2.32. The van der Waals surface area contributed by atoms with Gasteiger partial charge in [-0.3, -0.25) is 14.7 Å². The first kappa shape index (κ1) is 24.0. The normalized spacial score (nSPS) is 15.3. The molecule has 0 spiro atoms. The van der Waals surface area contributed by atoms with Gasteiger partial charge in [-0.15, -0.1) is 0 Å². The van der Waals surface area contributed by atoms with Crippen molar-refractivity contribution in [3.63, 3.8) is 0 Å². The highest BCUT2D eigenvalue weighted by Crippen LogP contribution is 2.28. The van der Waals surface area contributed by atoms with Crippen LogP contribution in [0.2, 0.25) is 0 Å². The van der Waals surface area contributed by atoms with Gasteiger partial charge in [-0.2, -0.15) is 13.2 Å². The van der Waals surface area contributed by atoms with Crippen molar-refractivity contribution in [3.8, 4) is 11.4 Å². The second-order valence-corrected chi connectivity index (χ2v) is 9.16. The number of anilines is 1. The Labute approximate surface area is 206 Å². The molecule has 2 aromatic carbocycles. The zero-order chi connectivity index (χ0) is 25.1. The van der Waals surface area contributed by atoms with Crippen LogP contribution in [0, 0.1) is 5.92 Å². The fourth-order valence-corrected chi connectivity index (χ4v) is 4.54. The van der Waals surface area contributed by atoms with Crippen molar-refractivity contribution in [1.29, 1.82) is 0 Å². The van der Waals surface area contributed by atoms with Crippen LogP contribution in [0.5, 0.6) is 0 Å². The molecular formula is C27H26F3N5O. The van der Waals surface area contributed by atoms with Crippen LogP contribution in [0.15, 0.2) is 71.7 Å². The SMILES string of the molecule is O=c1[nH]c(-c2ccc(C(F)(F)F)nc2)nc2ccc(NCC3CCN(Cc4ccccc4)CC3)cc12. The number of likely N-dealkylation sites (tertiary alicyclic amines) is 1. The third kappa shape index (κ3) is 5.57. The number of nitrogens with one attached hydrogen (secondary N) is 2. The molecule has 0 bridgehead atoms. The number of alkyl halides is 3. The van der Waals surface area contributed by atoms with Gasteiger partial charge in [0.2, 0.25) is 0 Å². The molecule has 0 saturated carbocycles. The van der Waals surface area contributed by atoms with E-state index in [4.69, 9.17) is 0 Å². The number of benzene rings is 2. The molecule has 0 unspecified atom stereocenters. The van der Waals surface area contributed by atoms with Crippen molar-refractivity contribution in [2.45, 2.75) is 25.6 Å². The second kappa shape index (κ2) is 10.1. The van der Waals surface area contributed by atoms with E-state index in [-0.39, 0.29) is 11.4 Å². The third-order valence-electron chi connectivity index (χ3n) is 6.58. The van der Waals surface area contributed by atoms with Crippen molar-refractivity contribution in [3.05, 3.63) is 88.5 Å². The van der Waals surface area contributed by atoms with Gasteiger partial charge in [0.1, 0.15) is 11.5 Å². The fourth-order valence-electron chi connectivity index (χ4n) is 4.54. The number of hydrogen-bond donors (Lipinski definition) is 2. The molecular weight excluding hydrogens is 467 g/mol. The number of piperidine rings is 1. The lowest BCUT2D eigenvalue weighted by Gasteiger charge is -2.32. The van der Waals surface area contributed by atoms with Crippen LogP contribution in [0.1, 0.15) is 24.1 Å². The Balaban J connectivity index is 1.21. The van der Waals surface area contributed by atoms with E-state index in [9.17, 15) is 18.0 Å². The summed E-state index contributed by atoms with van der Waals surface area (Å²) in [5.41, 5.74) is 1.60. The quantitative estimate of drug-likeness (QED) is 0.380. The van der Waals surface area contributed by atoms with E-state index in [0.29, 0.717) is 22.4 Å². The van der Waals surface area contributed by atoms with E-state index in [2.05, 4.69) is 49.4 Å². The molecule has 0 amide bonds. The van der Waals surface area contributed by atoms with Gasteiger partial charge >= 0.3 is 6.18 Å². The number of aromatic amines is 1. The van der Waals surface area contributed by atoms with Crippen LogP contribution in [-0.2, 0) is 12.7 Å². The van der Waals surface area contributed by atoms with Crippen LogP contribution in [-0.4, -0.2) is 39.5 Å². The summed E-state index contributed by atoms with van der Waals surface area (Å²) < 4.78 is 38.3. The molecule has 1 saturated heterocycles. The van der Waals surface area contributed by atoms with E-state index in [1.54, 1.807) is 12.1 Å². The monoisotopic (exact) mass is 493 g/mol. The summed E-state index contributed by atoms with van der Waals surface area (Å²) in [6, 6.07) is 18.0. The fraction of sp³-hybridized carbons (Fsp3) is 0.296. The Morgan fingerprint density at radius 2 is 1.81 bits per heavy atom. The molecule has 9 heteroatoms. The lowest BCUT2D eigenvalue weighted by molar-refractivity contribution is -0.141. The predicted octanol–water partition coefficient (Wildman–Crippen LogP) is 5.33. The maximum Gasteiger partial charge on any atom is 0.433 e. The maximum absolute atomic E-state index is 12.8. The number of fused-ring (bicyclic) bond motifs is 1. The number of H-pyrrole nitrogens is 1. The molecule has 5 rings (SSSR count). The number of halogens is 3. The number of rotatable bonds is 6. The first-order valence-corrected chi connectivity index (χ1v) is 11.9. The smallest absolute Gasteiger partial charge is 0.385 e. The van der Waals surface area contributed by atoms with Crippen LogP contribution >= 0.6 is 0 Å². The average molecular weight is 494 g/mol. The summed E-state index contributed by atoms with van der Waals surface area (Å²) in [7, 11) is 0. The van der Waals surface area contributed by atoms with E-state index in [0.717, 1.165) is 57.0 Å². The van der Waals surface area contributed by atoms with Crippen molar-refractivity contribution in [2.75, 3.05) is 25.0 Å². The van der Waals surface area contributed by atoms with Gasteiger partial charge in [0, 0.05) is 30.5 Å². The predicted molar refractivity (Wildman–Crippen MR) is 134 cm³/mol. The van der Waals surface area contributed by atoms with Crippen LogP contribution in [0.4, 0.5) is 18.9 Å². The first-order chi connectivity index (χ1) is 17.3.